The second-order valence-electron chi connectivity index (χ2n) is 5.96. The van der Waals surface area contributed by atoms with E-state index in [4.69, 9.17) is 9.47 Å². The molecule has 6 nitrogen and oxygen atoms in total. The Labute approximate surface area is 148 Å². The van der Waals surface area contributed by atoms with Crippen molar-refractivity contribution in [3.05, 3.63) is 54.4 Å². The standard InChI is InChI=1S/C19H23N3O3/c1-24-17-6-2-3-7-18(17)25-15-19(23)22-11-9-21(10-12-22)14-16-5-4-8-20-13-16/h2-8,13H,9-12,14-15H2,1H3. The van der Waals surface area contributed by atoms with Crippen LogP contribution in [0.3, 0.4) is 0 Å². The van der Waals surface area contributed by atoms with E-state index in [-0.39, 0.29) is 12.5 Å². The first-order valence-electron chi connectivity index (χ1n) is 8.41. The molecule has 1 saturated heterocycles. The summed E-state index contributed by atoms with van der Waals surface area (Å²) in [6.45, 7) is 4.05. The number of hydrogen-bond donors (Lipinski definition) is 0. The molecule has 1 aliphatic heterocycles. The van der Waals surface area contributed by atoms with Crippen LogP contribution in [0.1, 0.15) is 5.56 Å². The monoisotopic (exact) mass is 341 g/mol. The predicted octanol–water partition coefficient (Wildman–Crippen LogP) is 1.81. The van der Waals surface area contributed by atoms with Crippen LogP contribution < -0.4 is 9.47 Å². The van der Waals surface area contributed by atoms with Gasteiger partial charge in [0.2, 0.25) is 0 Å². The number of nitrogens with zero attached hydrogens (tertiary/aromatic N) is 3. The van der Waals surface area contributed by atoms with Gasteiger partial charge in [-0.05, 0) is 23.8 Å². The lowest BCUT2D eigenvalue weighted by Crippen LogP contribution is -2.49. The van der Waals surface area contributed by atoms with Crippen molar-refractivity contribution >= 4 is 5.91 Å². The summed E-state index contributed by atoms with van der Waals surface area (Å²) in [4.78, 5) is 20.7. The Bertz CT molecular complexity index is 685. The largest absolute Gasteiger partial charge is 0.493 e. The maximum Gasteiger partial charge on any atom is 0.260 e. The molecule has 3 rings (SSSR count). The Kier molecular flexibility index (Phi) is 5.85. The number of hydrogen-bond acceptors (Lipinski definition) is 5. The number of ether oxygens (including phenoxy) is 2. The Balaban J connectivity index is 1.45. The molecule has 1 aliphatic rings. The summed E-state index contributed by atoms with van der Waals surface area (Å²) in [5.41, 5.74) is 1.20. The molecule has 25 heavy (non-hydrogen) atoms. The second-order valence-corrected chi connectivity index (χ2v) is 5.96. The summed E-state index contributed by atoms with van der Waals surface area (Å²) in [6, 6.07) is 11.4. The lowest BCUT2D eigenvalue weighted by Gasteiger charge is -2.34. The van der Waals surface area contributed by atoms with Crippen molar-refractivity contribution in [3.63, 3.8) is 0 Å². The zero-order chi connectivity index (χ0) is 17.5. The van der Waals surface area contributed by atoms with E-state index in [0.717, 1.165) is 19.6 Å². The molecule has 2 heterocycles. The number of aromatic nitrogens is 1. The predicted molar refractivity (Wildman–Crippen MR) is 94.6 cm³/mol. The number of para-hydroxylation sites is 2. The SMILES string of the molecule is COc1ccccc1OCC(=O)N1CCN(Cc2cccnc2)CC1. The van der Waals surface area contributed by atoms with Gasteiger partial charge in [-0.1, -0.05) is 18.2 Å². The average molecular weight is 341 g/mol. The van der Waals surface area contributed by atoms with E-state index < -0.39 is 0 Å². The number of piperazine rings is 1. The molecule has 0 aliphatic carbocycles. The maximum atomic E-state index is 12.4. The van der Waals surface area contributed by atoms with Gasteiger partial charge in [0.25, 0.3) is 5.91 Å². The van der Waals surface area contributed by atoms with Crippen molar-refractivity contribution in [1.82, 2.24) is 14.8 Å². The van der Waals surface area contributed by atoms with E-state index in [2.05, 4.69) is 16.0 Å². The third kappa shape index (κ3) is 4.70. The summed E-state index contributed by atoms with van der Waals surface area (Å²) in [5, 5.41) is 0. The van der Waals surface area contributed by atoms with E-state index in [1.54, 1.807) is 19.4 Å². The van der Waals surface area contributed by atoms with Gasteiger partial charge in [-0.3, -0.25) is 14.7 Å². The van der Waals surface area contributed by atoms with Crippen LogP contribution in [-0.4, -0.2) is 60.6 Å². The summed E-state index contributed by atoms with van der Waals surface area (Å²) in [7, 11) is 1.59. The van der Waals surface area contributed by atoms with Gasteiger partial charge < -0.3 is 14.4 Å². The smallest absolute Gasteiger partial charge is 0.260 e. The third-order valence-electron chi connectivity index (χ3n) is 4.27. The Morgan fingerprint density at radius 3 is 2.52 bits per heavy atom. The van der Waals surface area contributed by atoms with Crippen LogP contribution in [0, 0.1) is 0 Å². The number of benzene rings is 1. The molecule has 2 aromatic rings. The average Bonchev–Trinajstić information content (AvgIpc) is 2.67. The number of pyridine rings is 1. The molecule has 1 aromatic carbocycles. The molecule has 0 radical (unpaired) electrons. The maximum absolute atomic E-state index is 12.4. The zero-order valence-corrected chi connectivity index (χ0v) is 14.4. The van der Waals surface area contributed by atoms with Gasteiger partial charge in [0, 0.05) is 45.1 Å². The molecule has 132 valence electrons. The van der Waals surface area contributed by atoms with Gasteiger partial charge in [-0.15, -0.1) is 0 Å². The Morgan fingerprint density at radius 2 is 1.84 bits per heavy atom. The molecule has 0 unspecified atom stereocenters. The van der Waals surface area contributed by atoms with Crippen molar-refractivity contribution < 1.29 is 14.3 Å². The van der Waals surface area contributed by atoms with E-state index in [9.17, 15) is 4.79 Å². The van der Waals surface area contributed by atoms with Crippen LogP contribution in [0.5, 0.6) is 11.5 Å². The minimum atomic E-state index is 0.00642. The lowest BCUT2D eigenvalue weighted by atomic mass is 10.2. The van der Waals surface area contributed by atoms with Crippen LogP contribution in [0.25, 0.3) is 0 Å². The number of methoxy groups -OCH3 is 1. The van der Waals surface area contributed by atoms with E-state index in [1.807, 2.05) is 35.4 Å². The third-order valence-corrected chi connectivity index (χ3v) is 4.27. The summed E-state index contributed by atoms with van der Waals surface area (Å²) < 4.78 is 10.9. The van der Waals surface area contributed by atoms with Crippen LogP contribution >= 0.6 is 0 Å². The molecular weight excluding hydrogens is 318 g/mol. The molecular formula is C19H23N3O3. The minimum Gasteiger partial charge on any atom is -0.493 e. The first-order chi connectivity index (χ1) is 12.3. The highest BCUT2D eigenvalue weighted by Gasteiger charge is 2.21. The topological polar surface area (TPSA) is 54.9 Å². The van der Waals surface area contributed by atoms with Crippen LogP contribution in [-0.2, 0) is 11.3 Å². The van der Waals surface area contributed by atoms with Crippen LogP contribution in [0.15, 0.2) is 48.8 Å². The highest BCUT2D eigenvalue weighted by atomic mass is 16.5. The van der Waals surface area contributed by atoms with Crippen molar-refractivity contribution in [2.24, 2.45) is 0 Å². The van der Waals surface area contributed by atoms with Gasteiger partial charge >= 0.3 is 0 Å². The molecule has 1 fully saturated rings. The Hall–Kier alpha value is -2.60. The summed E-state index contributed by atoms with van der Waals surface area (Å²) in [6.07, 6.45) is 3.67. The van der Waals surface area contributed by atoms with Gasteiger partial charge in [-0.2, -0.15) is 0 Å². The number of carbonyl (C=O) groups excluding carboxylic acids is 1. The molecule has 0 N–H and O–H groups in total. The molecule has 1 aromatic heterocycles. The van der Waals surface area contributed by atoms with Crippen LogP contribution in [0.4, 0.5) is 0 Å². The highest BCUT2D eigenvalue weighted by Crippen LogP contribution is 2.25. The molecule has 6 heteroatoms. The fourth-order valence-electron chi connectivity index (χ4n) is 2.87. The number of rotatable bonds is 6. The summed E-state index contributed by atoms with van der Waals surface area (Å²) in [5.74, 6) is 1.23. The minimum absolute atomic E-state index is 0.00642. The van der Waals surface area contributed by atoms with Gasteiger partial charge in [0.05, 0.1) is 7.11 Å². The lowest BCUT2D eigenvalue weighted by molar-refractivity contribution is -0.135. The summed E-state index contributed by atoms with van der Waals surface area (Å²) >= 11 is 0. The van der Waals surface area contributed by atoms with Crippen molar-refractivity contribution in [2.45, 2.75) is 6.54 Å². The molecule has 0 saturated carbocycles. The van der Waals surface area contributed by atoms with Crippen molar-refractivity contribution in [2.75, 3.05) is 39.9 Å². The first-order valence-corrected chi connectivity index (χ1v) is 8.41. The fraction of sp³-hybridized carbons (Fsp3) is 0.368. The van der Waals surface area contributed by atoms with E-state index >= 15 is 0 Å². The van der Waals surface area contributed by atoms with Gasteiger partial charge in [-0.25, -0.2) is 0 Å². The molecule has 0 spiro atoms. The molecule has 0 bridgehead atoms. The van der Waals surface area contributed by atoms with Crippen molar-refractivity contribution in [1.29, 1.82) is 0 Å². The molecule has 0 atom stereocenters. The van der Waals surface area contributed by atoms with Crippen LogP contribution in [0.2, 0.25) is 0 Å². The van der Waals surface area contributed by atoms with Gasteiger partial charge in [0.1, 0.15) is 0 Å². The first kappa shape index (κ1) is 17.2. The van der Waals surface area contributed by atoms with E-state index in [0.29, 0.717) is 24.6 Å². The normalized spacial score (nSPS) is 15.0. The number of carbonyl (C=O) groups is 1. The Morgan fingerprint density at radius 1 is 1.08 bits per heavy atom. The number of amides is 1. The second kappa shape index (κ2) is 8.48. The zero-order valence-electron chi connectivity index (χ0n) is 14.4. The molecule has 1 amide bonds. The highest BCUT2D eigenvalue weighted by molar-refractivity contribution is 5.78. The van der Waals surface area contributed by atoms with Crippen molar-refractivity contribution in [3.8, 4) is 11.5 Å². The van der Waals surface area contributed by atoms with Gasteiger partial charge in [0.15, 0.2) is 18.1 Å². The van der Waals surface area contributed by atoms with E-state index in [1.165, 1.54) is 5.56 Å². The quantitative estimate of drug-likeness (QED) is 0.802. The fourth-order valence-corrected chi connectivity index (χ4v) is 2.87.